The highest BCUT2D eigenvalue weighted by molar-refractivity contribution is 6.04. The molecule has 1 rings (SSSR count). The van der Waals surface area contributed by atoms with Crippen LogP contribution < -0.4 is 5.32 Å². The van der Waals surface area contributed by atoms with Crippen molar-refractivity contribution < 1.29 is 22.7 Å². The van der Waals surface area contributed by atoms with Gasteiger partial charge in [-0.25, -0.2) is 4.99 Å². The molecule has 1 amide bonds. The fraction of sp³-hybridized carbons (Fsp3) is 0.529. The molecular weight excluding hydrogens is 335 g/mol. The van der Waals surface area contributed by atoms with E-state index in [4.69, 9.17) is 4.74 Å². The molecule has 0 bridgehead atoms. The normalized spacial score (nSPS) is 12.6. The van der Waals surface area contributed by atoms with E-state index in [2.05, 4.69) is 10.3 Å². The van der Waals surface area contributed by atoms with Gasteiger partial charge in [0.15, 0.2) is 0 Å². The zero-order valence-corrected chi connectivity index (χ0v) is 14.9. The first kappa shape index (κ1) is 21.0. The summed E-state index contributed by atoms with van der Waals surface area (Å²) >= 11 is 0. The van der Waals surface area contributed by atoms with E-state index in [9.17, 15) is 18.0 Å². The number of halogens is 3. The second kappa shape index (κ2) is 9.41. The topological polar surface area (TPSA) is 53.9 Å². The number of carbonyl (C=O) groups excluding carboxylic acids is 1. The Labute approximate surface area is 145 Å². The van der Waals surface area contributed by atoms with Crippen molar-refractivity contribution in [1.82, 2.24) is 10.2 Å². The average Bonchev–Trinajstić information content (AvgIpc) is 2.50. The molecule has 0 unspecified atom stereocenters. The van der Waals surface area contributed by atoms with Gasteiger partial charge in [0.05, 0.1) is 11.7 Å². The number of aliphatic imine (C=N–C) groups is 1. The van der Waals surface area contributed by atoms with Crippen molar-refractivity contribution in [1.29, 1.82) is 0 Å². The van der Waals surface area contributed by atoms with Crippen molar-refractivity contribution in [2.45, 2.75) is 32.5 Å². The molecule has 5 nitrogen and oxygen atoms in total. The molecular formula is C17H24F3N3O2. The van der Waals surface area contributed by atoms with Gasteiger partial charge in [0.2, 0.25) is 0 Å². The van der Waals surface area contributed by atoms with Crippen LogP contribution >= 0.6 is 0 Å². The standard InChI is InChI=1S/C17H24F3N3O2/c1-12(2)25-16(21-10-5-11-23(3)4)22-15(24)13-6-8-14(9-7-13)17(18,19)20/h6-9,12H,5,10-11H2,1-4H3,(H,21,22,24). The van der Waals surface area contributed by atoms with Crippen molar-refractivity contribution >= 4 is 11.9 Å². The third kappa shape index (κ3) is 8.02. The Hall–Kier alpha value is -2.09. The van der Waals surface area contributed by atoms with E-state index in [0.29, 0.717) is 6.54 Å². The van der Waals surface area contributed by atoms with Crippen LogP contribution in [0.15, 0.2) is 29.3 Å². The van der Waals surface area contributed by atoms with Gasteiger partial charge in [0, 0.05) is 12.1 Å². The number of alkyl halides is 3. The maximum absolute atomic E-state index is 12.6. The summed E-state index contributed by atoms with van der Waals surface area (Å²) < 4.78 is 43.1. The summed E-state index contributed by atoms with van der Waals surface area (Å²) in [5.74, 6) is -0.569. The minimum Gasteiger partial charge on any atom is -0.462 e. The van der Waals surface area contributed by atoms with Gasteiger partial charge in [-0.1, -0.05) is 0 Å². The maximum atomic E-state index is 12.6. The number of benzene rings is 1. The lowest BCUT2D eigenvalue weighted by Crippen LogP contribution is -2.34. The van der Waals surface area contributed by atoms with Gasteiger partial charge >= 0.3 is 6.18 Å². The number of rotatable bonds is 6. The average molecular weight is 359 g/mol. The first-order chi connectivity index (χ1) is 11.6. The predicted molar refractivity (Wildman–Crippen MR) is 90.6 cm³/mol. The van der Waals surface area contributed by atoms with Gasteiger partial charge < -0.3 is 9.64 Å². The Kier molecular flexibility index (Phi) is 7.89. The number of nitrogens with zero attached hydrogens (tertiary/aromatic N) is 2. The van der Waals surface area contributed by atoms with E-state index in [1.54, 1.807) is 13.8 Å². The summed E-state index contributed by atoms with van der Waals surface area (Å²) in [6.45, 7) is 4.89. The molecule has 25 heavy (non-hydrogen) atoms. The summed E-state index contributed by atoms with van der Waals surface area (Å²) in [7, 11) is 3.89. The molecule has 0 atom stereocenters. The Morgan fingerprint density at radius 3 is 2.32 bits per heavy atom. The second-order valence-electron chi connectivity index (χ2n) is 6.04. The quantitative estimate of drug-likeness (QED) is 0.482. The molecule has 8 heteroatoms. The summed E-state index contributed by atoms with van der Waals surface area (Å²) in [6, 6.07) is 4.05. The number of carbonyl (C=O) groups is 1. The molecule has 0 aliphatic heterocycles. The smallest absolute Gasteiger partial charge is 0.416 e. The van der Waals surface area contributed by atoms with Gasteiger partial charge in [0.25, 0.3) is 11.9 Å². The summed E-state index contributed by atoms with van der Waals surface area (Å²) in [6.07, 6.45) is -3.84. The lowest BCUT2D eigenvalue weighted by molar-refractivity contribution is -0.137. The van der Waals surface area contributed by atoms with Gasteiger partial charge in [-0.2, -0.15) is 13.2 Å². The highest BCUT2D eigenvalue weighted by atomic mass is 19.4. The molecule has 1 N–H and O–H groups in total. The van der Waals surface area contributed by atoms with E-state index in [0.717, 1.165) is 37.2 Å². The molecule has 0 fully saturated rings. The Balaban J connectivity index is 2.75. The van der Waals surface area contributed by atoms with Crippen LogP contribution in [0.4, 0.5) is 13.2 Å². The number of ether oxygens (including phenoxy) is 1. The van der Waals surface area contributed by atoms with Gasteiger partial charge in [-0.15, -0.1) is 0 Å². The first-order valence-electron chi connectivity index (χ1n) is 7.94. The molecule has 0 heterocycles. The van der Waals surface area contributed by atoms with Crippen molar-refractivity contribution in [2.75, 3.05) is 27.2 Å². The fourth-order valence-corrected chi connectivity index (χ4v) is 1.88. The molecule has 140 valence electrons. The highest BCUT2D eigenvalue weighted by Crippen LogP contribution is 2.29. The van der Waals surface area contributed by atoms with E-state index in [-0.39, 0.29) is 17.7 Å². The van der Waals surface area contributed by atoms with Crippen LogP contribution in [0.1, 0.15) is 36.2 Å². The molecule has 0 radical (unpaired) electrons. The Morgan fingerprint density at radius 2 is 1.84 bits per heavy atom. The van der Waals surface area contributed by atoms with Gasteiger partial charge in [-0.3, -0.25) is 10.1 Å². The van der Waals surface area contributed by atoms with E-state index in [1.807, 2.05) is 19.0 Å². The molecule has 1 aromatic rings. The van der Waals surface area contributed by atoms with E-state index < -0.39 is 17.6 Å². The molecule has 1 aromatic carbocycles. The summed E-state index contributed by atoms with van der Waals surface area (Å²) in [4.78, 5) is 18.4. The van der Waals surface area contributed by atoms with Crippen molar-refractivity contribution in [3.8, 4) is 0 Å². The number of hydrogen-bond acceptors (Lipinski definition) is 4. The lowest BCUT2D eigenvalue weighted by atomic mass is 10.1. The zero-order valence-electron chi connectivity index (χ0n) is 14.9. The number of hydrogen-bond donors (Lipinski definition) is 1. The van der Waals surface area contributed by atoms with Crippen LogP contribution in [-0.4, -0.2) is 50.1 Å². The summed E-state index contributed by atoms with van der Waals surface area (Å²) in [5.41, 5.74) is -0.707. The van der Waals surface area contributed by atoms with Crippen LogP contribution in [0.5, 0.6) is 0 Å². The fourth-order valence-electron chi connectivity index (χ4n) is 1.88. The van der Waals surface area contributed by atoms with Crippen molar-refractivity contribution in [3.63, 3.8) is 0 Å². The van der Waals surface area contributed by atoms with Crippen LogP contribution in [0, 0.1) is 0 Å². The largest absolute Gasteiger partial charge is 0.462 e. The SMILES string of the molecule is CC(C)OC(=NCCCN(C)C)NC(=O)c1ccc(C(F)(F)F)cc1. The predicted octanol–water partition coefficient (Wildman–Crippen LogP) is 3.17. The molecule has 0 aromatic heterocycles. The number of amides is 1. The third-order valence-electron chi connectivity index (χ3n) is 3.06. The van der Waals surface area contributed by atoms with Gasteiger partial charge in [0.1, 0.15) is 0 Å². The zero-order chi connectivity index (χ0) is 19.0. The number of amidine groups is 1. The minimum absolute atomic E-state index is 0.0682. The maximum Gasteiger partial charge on any atom is 0.416 e. The number of nitrogens with one attached hydrogen (secondary N) is 1. The molecule has 0 aliphatic carbocycles. The molecule has 0 saturated heterocycles. The van der Waals surface area contributed by atoms with Crippen LogP contribution in [-0.2, 0) is 10.9 Å². The van der Waals surface area contributed by atoms with Crippen LogP contribution in [0.2, 0.25) is 0 Å². The Bertz CT molecular complexity index is 582. The van der Waals surface area contributed by atoms with Crippen LogP contribution in [0.3, 0.4) is 0 Å². The molecule has 0 saturated carbocycles. The van der Waals surface area contributed by atoms with Crippen molar-refractivity contribution in [2.24, 2.45) is 4.99 Å². The lowest BCUT2D eigenvalue weighted by Gasteiger charge is -2.14. The molecule has 0 spiro atoms. The third-order valence-corrected chi connectivity index (χ3v) is 3.06. The first-order valence-corrected chi connectivity index (χ1v) is 7.94. The van der Waals surface area contributed by atoms with Crippen LogP contribution in [0.25, 0.3) is 0 Å². The summed E-state index contributed by atoms with van der Waals surface area (Å²) in [5, 5.41) is 2.50. The second-order valence-corrected chi connectivity index (χ2v) is 6.04. The van der Waals surface area contributed by atoms with E-state index >= 15 is 0 Å². The van der Waals surface area contributed by atoms with Crippen molar-refractivity contribution in [3.05, 3.63) is 35.4 Å². The molecule has 0 aliphatic rings. The highest BCUT2D eigenvalue weighted by Gasteiger charge is 2.30. The van der Waals surface area contributed by atoms with Gasteiger partial charge in [-0.05, 0) is 65.2 Å². The monoisotopic (exact) mass is 359 g/mol. The minimum atomic E-state index is -4.44. The van der Waals surface area contributed by atoms with E-state index in [1.165, 1.54) is 0 Å². The Morgan fingerprint density at radius 1 is 1.24 bits per heavy atom.